The van der Waals surface area contributed by atoms with Gasteiger partial charge in [0.15, 0.2) is 0 Å². The summed E-state index contributed by atoms with van der Waals surface area (Å²) < 4.78 is 13.7. The molecule has 2 atom stereocenters. The van der Waals surface area contributed by atoms with Gasteiger partial charge in [0.25, 0.3) is 0 Å². The van der Waals surface area contributed by atoms with Crippen LogP contribution in [0.15, 0.2) is 18.2 Å². The maximum absolute atomic E-state index is 13.7. The summed E-state index contributed by atoms with van der Waals surface area (Å²) in [6.07, 6.45) is 2.69. The van der Waals surface area contributed by atoms with Crippen molar-refractivity contribution in [3.8, 4) is 0 Å². The van der Waals surface area contributed by atoms with Gasteiger partial charge in [-0.15, -0.1) is 0 Å². The van der Waals surface area contributed by atoms with Crippen molar-refractivity contribution in [1.82, 2.24) is 0 Å². The van der Waals surface area contributed by atoms with Gasteiger partial charge in [-0.25, -0.2) is 4.39 Å². The van der Waals surface area contributed by atoms with Crippen molar-refractivity contribution in [2.75, 3.05) is 5.32 Å². The van der Waals surface area contributed by atoms with E-state index in [0.29, 0.717) is 18.4 Å². The molecule has 1 aromatic rings. The molecule has 1 aliphatic carbocycles. The van der Waals surface area contributed by atoms with Crippen LogP contribution in [0.4, 0.5) is 10.1 Å². The highest BCUT2D eigenvalue weighted by molar-refractivity contribution is 5.95. The van der Waals surface area contributed by atoms with Crippen LogP contribution in [0.25, 0.3) is 0 Å². The second-order valence-electron chi connectivity index (χ2n) is 5.26. The van der Waals surface area contributed by atoms with Crippen LogP contribution >= 0.6 is 0 Å². The number of aryl methyl sites for hydroxylation is 1. The Morgan fingerprint density at radius 2 is 1.90 bits per heavy atom. The molecule has 20 heavy (non-hydrogen) atoms. The van der Waals surface area contributed by atoms with Crippen LogP contribution in [-0.2, 0) is 9.59 Å². The number of rotatable bonds is 3. The largest absolute Gasteiger partial charge is 0.481 e. The van der Waals surface area contributed by atoms with Crippen molar-refractivity contribution in [2.24, 2.45) is 11.8 Å². The lowest BCUT2D eigenvalue weighted by molar-refractivity contribution is -0.147. The number of carbonyl (C=O) groups is 2. The maximum atomic E-state index is 13.7. The minimum absolute atomic E-state index is 0.146. The predicted molar refractivity (Wildman–Crippen MR) is 72.9 cm³/mol. The number of nitrogens with one attached hydrogen (secondary N) is 1. The van der Waals surface area contributed by atoms with Gasteiger partial charge in [-0.3, -0.25) is 9.59 Å². The van der Waals surface area contributed by atoms with Crippen LogP contribution in [0.1, 0.15) is 31.2 Å². The molecule has 0 aliphatic heterocycles. The molecule has 0 unspecified atom stereocenters. The van der Waals surface area contributed by atoms with E-state index < -0.39 is 29.5 Å². The monoisotopic (exact) mass is 279 g/mol. The predicted octanol–water partition coefficient (Wildman–Crippen LogP) is 2.96. The van der Waals surface area contributed by atoms with Crippen LogP contribution in [0.3, 0.4) is 0 Å². The molecule has 0 aromatic heterocycles. The molecule has 2 rings (SSSR count). The van der Waals surface area contributed by atoms with E-state index in [4.69, 9.17) is 0 Å². The third-order valence-corrected chi connectivity index (χ3v) is 3.89. The van der Waals surface area contributed by atoms with Crippen LogP contribution in [-0.4, -0.2) is 17.0 Å². The fourth-order valence-corrected chi connectivity index (χ4v) is 2.75. The summed E-state index contributed by atoms with van der Waals surface area (Å²) in [7, 11) is 0. The molecule has 1 aliphatic rings. The van der Waals surface area contributed by atoms with Crippen LogP contribution in [0.5, 0.6) is 0 Å². The van der Waals surface area contributed by atoms with Gasteiger partial charge in [-0.05, 0) is 31.4 Å². The van der Waals surface area contributed by atoms with Crippen molar-refractivity contribution in [3.63, 3.8) is 0 Å². The third-order valence-electron chi connectivity index (χ3n) is 3.89. The lowest BCUT2D eigenvalue weighted by atomic mass is 9.78. The Kier molecular flexibility index (Phi) is 4.37. The molecule has 0 spiro atoms. The van der Waals surface area contributed by atoms with Gasteiger partial charge < -0.3 is 10.4 Å². The summed E-state index contributed by atoms with van der Waals surface area (Å²) in [5, 5.41) is 11.7. The molecule has 1 aromatic carbocycles. The van der Waals surface area contributed by atoms with Gasteiger partial charge >= 0.3 is 5.97 Å². The molecule has 5 heteroatoms. The summed E-state index contributed by atoms with van der Waals surface area (Å²) in [4.78, 5) is 23.4. The van der Waals surface area contributed by atoms with Gasteiger partial charge in [-0.2, -0.15) is 0 Å². The Bertz CT molecular complexity index is 510. The number of aliphatic carboxylic acids is 1. The van der Waals surface area contributed by atoms with Crippen LogP contribution in [0, 0.1) is 24.6 Å². The maximum Gasteiger partial charge on any atom is 0.307 e. The van der Waals surface area contributed by atoms with Crippen molar-refractivity contribution in [2.45, 2.75) is 32.6 Å². The fourth-order valence-electron chi connectivity index (χ4n) is 2.75. The lowest BCUT2D eigenvalue weighted by Gasteiger charge is -2.27. The van der Waals surface area contributed by atoms with E-state index in [1.165, 1.54) is 6.07 Å². The number of benzene rings is 1. The van der Waals surface area contributed by atoms with Crippen molar-refractivity contribution >= 4 is 17.6 Å². The Balaban J connectivity index is 2.16. The van der Waals surface area contributed by atoms with E-state index in [1.54, 1.807) is 19.1 Å². The molecule has 0 radical (unpaired) electrons. The Labute approximate surface area is 117 Å². The summed E-state index contributed by atoms with van der Waals surface area (Å²) in [5.41, 5.74) is 0.772. The van der Waals surface area contributed by atoms with E-state index in [1.807, 2.05) is 0 Å². The zero-order valence-electron chi connectivity index (χ0n) is 11.4. The molecular weight excluding hydrogens is 261 g/mol. The Hall–Kier alpha value is -1.91. The number of hydrogen-bond donors (Lipinski definition) is 2. The zero-order valence-corrected chi connectivity index (χ0v) is 11.4. The number of amides is 1. The van der Waals surface area contributed by atoms with Gasteiger partial charge in [0, 0.05) is 0 Å². The average molecular weight is 279 g/mol. The fraction of sp³-hybridized carbons (Fsp3) is 0.467. The van der Waals surface area contributed by atoms with Crippen LogP contribution < -0.4 is 5.32 Å². The highest BCUT2D eigenvalue weighted by Crippen LogP contribution is 2.32. The minimum atomic E-state index is -0.949. The zero-order chi connectivity index (χ0) is 14.7. The second kappa shape index (κ2) is 6.03. The number of hydrogen-bond acceptors (Lipinski definition) is 2. The number of carboxylic acids is 1. The normalized spacial score (nSPS) is 22.3. The van der Waals surface area contributed by atoms with E-state index in [-0.39, 0.29) is 5.69 Å². The highest BCUT2D eigenvalue weighted by Gasteiger charge is 2.36. The molecule has 108 valence electrons. The highest BCUT2D eigenvalue weighted by atomic mass is 19.1. The number of halogens is 1. The van der Waals surface area contributed by atoms with Crippen molar-refractivity contribution < 1.29 is 19.1 Å². The first-order valence-corrected chi connectivity index (χ1v) is 6.79. The molecule has 0 bridgehead atoms. The van der Waals surface area contributed by atoms with E-state index >= 15 is 0 Å². The molecule has 1 amide bonds. The second-order valence-corrected chi connectivity index (χ2v) is 5.26. The molecular formula is C15H18FNO3. The molecule has 0 saturated heterocycles. The van der Waals surface area contributed by atoms with Gasteiger partial charge in [-0.1, -0.05) is 25.0 Å². The molecule has 1 fully saturated rings. The number of para-hydroxylation sites is 1. The number of anilines is 1. The molecule has 0 heterocycles. The summed E-state index contributed by atoms with van der Waals surface area (Å²) in [6.45, 7) is 1.70. The molecule has 4 nitrogen and oxygen atoms in total. The van der Waals surface area contributed by atoms with Crippen molar-refractivity contribution in [3.05, 3.63) is 29.6 Å². The van der Waals surface area contributed by atoms with E-state index in [9.17, 15) is 19.1 Å². The summed E-state index contributed by atoms with van der Waals surface area (Å²) >= 11 is 0. The van der Waals surface area contributed by atoms with Crippen LogP contribution in [0.2, 0.25) is 0 Å². The Morgan fingerprint density at radius 3 is 2.50 bits per heavy atom. The average Bonchev–Trinajstić information content (AvgIpc) is 2.43. The van der Waals surface area contributed by atoms with E-state index in [2.05, 4.69) is 5.32 Å². The number of carboxylic acid groups (broad SMARTS) is 1. The van der Waals surface area contributed by atoms with Gasteiger partial charge in [0.1, 0.15) is 5.82 Å². The summed E-state index contributed by atoms with van der Waals surface area (Å²) in [6, 6.07) is 4.55. The Morgan fingerprint density at radius 1 is 1.25 bits per heavy atom. The number of carbonyl (C=O) groups excluding carboxylic acids is 1. The van der Waals surface area contributed by atoms with E-state index in [0.717, 1.165) is 12.8 Å². The smallest absolute Gasteiger partial charge is 0.307 e. The van der Waals surface area contributed by atoms with Gasteiger partial charge in [0.05, 0.1) is 17.5 Å². The minimum Gasteiger partial charge on any atom is -0.481 e. The topological polar surface area (TPSA) is 66.4 Å². The van der Waals surface area contributed by atoms with Gasteiger partial charge in [0.2, 0.25) is 5.91 Å². The molecule has 1 saturated carbocycles. The molecule has 2 N–H and O–H groups in total. The first kappa shape index (κ1) is 14.5. The SMILES string of the molecule is Cc1cccc(F)c1NC(=O)[C@@H]1CCCC[C@@H]1C(=O)O. The lowest BCUT2D eigenvalue weighted by Crippen LogP contribution is -2.36. The first-order valence-electron chi connectivity index (χ1n) is 6.79. The quantitative estimate of drug-likeness (QED) is 0.894. The summed E-state index contributed by atoms with van der Waals surface area (Å²) in [5.74, 6) is -3.10. The third kappa shape index (κ3) is 2.98. The first-order chi connectivity index (χ1) is 9.50. The van der Waals surface area contributed by atoms with Crippen molar-refractivity contribution in [1.29, 1.82) is 0 Å². The standard InChI is InChI=1S/C15H18FNO3/c1-9-5-4-8-12(16)13(9)17-14(18)10-6-2-3-7-11(10)15(19)20/h4-5,8,10-11H,2-3,6-7H2,1H3,(H,17,18)(H,19,20)/t10-,11+/m1/s1.